The topological polar surface area (TPSA) is 71.4 Å². The standard InChI is InChI=1S/C19H25N3O4/c1-4-26-19(25)21-10-8-20(9-11-21)15-12-16(23)22(18(15)24)17-13(2)6-5-7-14(17)3/h5-7,15H,4,8-12H2,1-3H3/p+1/t15-/m0/s1. The second-order valence-electron chi connectivity index (χ2n) is 6.91. The van der Waals surface area contributed by atoms with Crippen molar-refractivity contribution in [2.45, 2.75) is 33.2 Å². The van der Waals surface area contributed by atoms with Crippen LogP contribution < -0.4 is 9.80 Å². The highest BCUT2D eigenvalue weighted by molar-refractivity contribution is 6.22. The number of hydrogen-bond acceptors (Lipinski definition) is 4. The SMILES string of the molecule is CCOC(=O)N1CC[NH+]([C@H]2CC(=O)N(c3c(C)cccc3C)C2=O)CC1. The summed E-state index contributed by atoms with van der Waals surface area (Å²) in [5.41, 5.74) is 2.57. The number of hydrogen-bond donors (Lipinski definition) is 1. The summed E-state index contributed by atoms with van der Waals surface area (Å²) < 4.78 is 5.03. The average molecular weight is 360 g/mol. The van der Waals surface area contributed by atoms with Gasteiger partial charge in [-0.2, -0.15) is 0 Å². The van der Waals surface area contributed by atoms with E-state index >= 15 is 0 Å². The van der Waals surface area contributed by atoms with Crippen LogP contribution in [0.3, 0.4) is 0 Å². The van der Waals surface area contributed by atoms with Crippen molar-refractivity contribution in [3.05, 3.63) is 29.3 Å². The molecule has 0 unspecified atom stereocenters. The van der Waals surface area contributed by atoms with Crippen LogP contribution in [0.2, 0.25) is 0 Å². The monoisotopic (exact) mass is 360 g/mol. The van der Waals surface area contributed by atoms with E-state index in [0.29, 0.717) is 32.8 Å². The Balaban J connectivity index is 1.71. The molecule has 2 heterocycles. The fraction of sp³-hybridized carbons (Fsp3) is 0.526. The highest BCUT2D eigenvalue weighted by atomic mass is 16.6. The highest BCUT2D eigenvalue weighted by Gasteiger charge is 2.47. The van der Waals surface area contributed by atoms with Gasteiger partial charge in [0.25, 0.3) is 5.91 Å². The number of nitrogens with zero attached hydrogens (tertiary/aromatic N) is 2. The number of anilines is 1. The Hall–Kier alpha value is -2.41. The molecule has 0 saturated carbocycles. The lowest BCUT2D eigenvalue weighted by atomic mass is 10.1. The zero-order chi connectivity index (χ0) is 18.8. The van der Waals surface area contributed by atoms with Crippen LogP contribution in [0.15, 0.2) is 18.2 Å². The molecule has 2 aliphatic rings. The number of ether oxygens (including phenoxy) is 1. The fourth-order valence-electron chi connectivity index (χ4n) is 3.88. The van der Waals surface area contributed by atoms with Crippen LogP contribution in [0.5, 0.6) is 0 Å². The molecule has 3 rings (SSSR count). The fourth-order valence-corrected chi connectivity index (χ4v) is 3.88. The first-order valence-corrected chi connectivity index (χ1v) is 9.13. The number of nitrogens with one attached hydrogen (secondary N) is 1. The summed E-state index contributed by atoms with van der Waals surface area (Å²) in [4.78, 5) is 41.5. The average Bonchev–Trinajstić information content (AvgIpc) is 2.90. The molecule has 26 heavy (non-hydrogen) atoms. The molecule has 2 aliphatic heterocycles. The van der Waals surface area contributed by atoms with Crippen LogP contribution in [-0.4, -0.2) is 61.6 Å². The van der Waals surface area contributed by atoms with E-state index in [-0.39, 0.29) is 30.4 Å². The van der Waals surface area contributed by atoms with Crippen LogP contribution >= 0.6 is 0 Å². The molecule has 0 radical (unpaired) electrons. The number of para-hydroxylation sites is 1. The summed E-state index contributed by atoms with van der Waals surface area (Å²) in [7, 11) is 0. The maximum Gasteiger partial charge on any atom is 0.410 e. The van der Waals surface area contributed by atoms with Crippen LogP contribution in [0.25, 0.3) is 0 Å². The molecular formula is C19H26N3O4+. The lowest BCUT2D eigenvalue weighted by Crippen LogP contribution is -3.19. The zero-order valence-electron chi connectivity index (χ0n) is 15.6. The summed E-state index contributed by atoms with van der Waals surface area (Å²) >= 11 is 0. The van der Waals surface area contributed by atoms with Crippen molar-refractivity contribution >= 4 is 23.6 Å². The van der Waals surface area contributed by atoms with E-state index in [1.54, 1.807) is 11.8 Å². The maximum atomic E-state index is 13.0. The van der Waals surface area contributed by atoms with Crippen molar-refractivity contribution in [1.82, 2.24) is 4.90 Å². The van der Waals surface area contributed by atoms with Crippen molar-refractivity contribution in [2.24, 2.45) is 0 Å². The molecule has 0 spiro atoms. The number of imide groups is 1. The van der Waals surface area contributed by atoms with Gasteiger partial charge < -0.3 is 9.64 Å². The number of carbonyl (C=O) groups excluding carboxylic acids is 3. The number of carbonyl (C=O) groups is 3. The van der Waals surface area contributed by atoms with Gasteiger partial charge in [-0.1, -0.05) is 18.2 Å². The van der Waals surface area contributed by atoms with Crippen molar-refractivity contribution in [3.63, 3.8) is 0 Å². The number of rotatable bonds is 3. The Bertz CT molecular complexity index is 705. The van der Waals surface area contributed by atoms with Gasteiger partial charge in [-0.05, 0) is 31.9 Å². The molecule has 0 aromatic heterocycles. The van der Waals surface area contributed by atoms with E-state index in [0.717, 1.165) is 21.7 Å². The molecule has 1 N–H and O–H groups in total. The Morgan fingerprint density at radius 1 is 1.19 bits per heavy atom. The molecule has 3 amide bonds. The lowest BCUT2D eigenvalue weighted by Gasteiger charge is -2.33. The zero-order valence-corrected chi connectivity index (χ0v) is 15.6. The van der Waals surface area contributed by atoms with E-state index in [9.17, 15) is 14.4 Å². The second-order valence-corrected chi connectivity index (χ2v) is 6.91. The van der Waals surface area contributed by atoms with E-state index in [1.165, 1.54) is 4.90 Å². The first-order valence-electron chi connectivity index (χ1n) is 9.13. The molecule has 7 heteroatoms. The molecule has 1 aromatic rings. The van der Waals surface area contributed by atoms with Crippen LogP contribution in [0.1, 0.15) is 24.5 Å². The molecule has 0 bridgehead atoms. The molecule has 0 aliphatic carbocycles. The molecular weight excluding hydrogens is 334 g/mol. The van der Waals surface area contributed by atoms with Crippen molar-refractivity contribution in [2.75, 3.05) is 37.7 Å². The van der Waals surface area contributed by atoms with Gasteiger partial charge in [0.15, 0.2) is 6.04 Å². The van der Waals surface area contributed by atoms with Crippen LogP contribution in [0.4, 0.5) is 10.5 Å². The van der Waals surface area contributed by atoms with Gasteiger partial charge in [-0.3, -0.25) is 14.5 Å². The van der Waals surface area contributed by atoms with E-state index < -0.39 is 0 Å². The number of quaternary nitrogens is 1. The summed E-state index contributed by atoms with van der Waals surface area (Å²) in [6.07, 6.45) is -0.0843. The quantitative estimate of drug-likeness (QED) is 0.787. The first-order chi connectivity index (χ1) is 12.4. The number of benzene rings is 1. The summed E-state index contributed by atoms with van der Waals surface area (Å²) in [6.45, 7) is 8.33. The van der Waals surface area contributed by atoms with Crippen LogP contribution in [-0.2, 0) is 14.3 Å². The normalized spacial score (nSPS) is 21.4. The summed E-state index contributed by atoms with van der Waals surface area (Å²) in [5.74, 6) is -0.273. The minimum Gasteiger partial charge on any atom is -0.450 e. The third-order valence-corrected chi connectivity index (χ3v) is 5.23. The van der Waals surface area contributed by atoms with Crippen molar-refractivity contribution < 1.29 is 24.0 Å². The van der Waals surface area contributed by atoms with Crippen LogP contribution in [0, 0.1) is 13.8 Å². The molecule has 1 atom stereocenters. The Morgan fingerprint density at radius 3 is 2.38 bits per heavy atom. The predicted molar refractivity (Wildman–Crippen MR) is 96.1 cm³/mol. The number of aryl methyl sites for hydroxylation is 2. The molecule has 2 fully saturated rings. The van der Waals surface area contributed by atoms with Gasteiger partial charge in [-0.25, -0.2) is 9.69 Å². The third-order valence-electron chi connectivity index (χ3n) is 5.23. The summed E-state index contributed by atoms with van der Waals surface area (Å²) in [5, 5.41) is 0. The lowest BCUT2D eigenvalue weighted by molar-refractivity contribution is -0.918. The molecule has 1 aromatic carbocycles. The highest BCUT2D eigenvalue weighted by Crippen LogP contribution is 2.29. The van der Waals surface area contributed by atoms with Gasteiger partial charge in [0, 0.05) is 0 Å². The Kier molecular flexibility index (Phi) is 5.27. The van der Waals surface area contributed by atoms with E-state index in [4.69, 9.17) is 4.74 Å². The van der Waals surface area contributed by atoms with E-state index in [1.807, 2.05) is 32.0 Å². The largest absolute Gasteiger partial charge is 0.450 e. The molecule has 7 nitrogen and oxygen atoms in total. The minimum absolute atomic E-state index is 0.132. The van der Waals surface area contributed by atoms with Gasteiger partial charge in [0.2, 0.25) is 5.91 Å². The van der Waals surface area contributed by atoms with Gasteiger partial charge in [0.05, 0.1) is 44.9 Å². The van der Waals surface area contributed by atoms with Gasteiger partial charge >= 0.3 is 6.09 Å². The predicted octanol–water partition coefficient (Wildman–Crippen LogP) is 0.292. The first kappa shape index (κ1) is 18.4. The minimum atomic E-state index is -0.370. The maximum absolute atomic E-state index is 13.0. The van der Waals surface area contributed by atoms with Gasteiger partial charge in [-0.15, -0.1) is 0 Å². The number of piperazine rings is 1. The molecule has 140 valence electrons. The summed E-state index contributed by atoms with van der Waals surface area (Å²) in [6, 6.07) is 5.39. The van der Waals surface area contributed by atoms with E-state index in [2.05, 4.69) is 0 Å². The Labute approximate surface area is 153 Å². The smallest absolute Gasteiger partial charge is 0.410 e. The third kappa shape index (κ3) is 3.31. The van der Waals surface area contributed by atoms with Crippen molar-refractivity contribution in [3.8, 4) is 0 Å². The molecule has 2 saturated heterocycles. The number of amides is 3. The van der Waals surface area contributed by atoms with Crippen molar-refractivity contribution in [1.29, 1.82) is 0 Å². The Morgan fingerprint density at radius 2 is 1.81 bits per heavy atom. The van der Waals surface area contributed by atoms with Gasteiger partial charge in [0.1, 0.15) is 0 Å². The second kappa shape index (κ2) is 7.45.